The molecule has 20 heavy (non-hydrogen) atoms. The van der Waals surface area contributed by atoms with Crippen LogP contribution in [0.4, 0.5) is 0 Å². The number of carbonyl (C=O) groups excluding carboxylic acids is 1. The van der Waals surface area contributed by atoms with E-state index in [-0.39, 0.29) is 0 Å². The third-order valence-corrected chi connectivity index (χ3v) is 6.83. The van der Waals surface area contributed by atoms with E-state index < -0.39 is 0 Å². The van der Waals surface area contributed by atoms with E-state index in [1.807, 2.05) is 0 Å². The molecular weight excluding hydrogens is 246 g/mol. The summed E-state index contributed by atoms with van der Waals surface area (Å²) < 4.78 is 0. The Balaban J connectivity index is 1.43. The van der Waals surface area contributed by atoms with Crippen LogP contribution in [-0.2, 0) is 4.79 Å². The minimum absolute atomic E-state index is 0.397. The van der Waals surface area contributed by atoms with Gasteiger partial charge in [0.05, 0.1) is 0 Å². The number of hydrogen-bond acceptors (Lipinski definition) is 2. The highest BCUT2D eigenvalue weighted by Crippen LogP contribution is 2.49. The molecule has 1 aliphatic heterocycles. The molecule has 112 valence electrons. The number of Topliss-reactive ketones (excluding diaryl/α,β-unsaturated/α-hetero) is 1. The van der Waals surface area contributed by atoms with Crippen LogP contribution >= 0.6 is 0 Å². The van der Waals surface area contributed by atoms with Gasteiger partial charge in [-0.2, -0.15) is 0 Å². The van der Waals surface area contributed by atoms with Gasteiger partial charge in [-0.3, -0.25) is 9.69 Å². The molecule has 0 amide bonds. The summed E-state index contributed by atoms with van der Waals surface area (Å²) in [5.41, 5.74) is 0. The van der Waals surface area contributed by atoms with Crippen LogP contribution in [0.1, 0.15) is 64.2 Å². The molecule has 0 aromatic rings. The number of nitrogens with zero attached hydrogens (tertiary/aromatic N) is 1. The van der Waals surface area contributed by atoms with E-state index in [1.165, 1.54) is 64.5 Å². The fourth-order valence-electron chi connectivity index (χ4n) is 5.85. The minimum atomic E-state index is 0.397. The molecule has 2 heteroatoms. The van der Waals surface area contributed by atoms with E-state index in [2.05, 4.69) is 4.90 Å². The largest absolute Gasteiger partial charge is 0.299 e. The molecule has 4 fully saturated rings. The molecule has 0 aromatic heterocycles. The molecule has 5 atom stereocenters. The molecule has 4 aliphatic rings. The second-order valence-corrected chi connectivity index (χ2v) is 7.96. The van der Waals surface area contributed by atoms with E-state index in [0.717, 1.165) is 30.6 Å². The Bertz CT molecular complexity index is 380. The number of rotatable bonds is 3. The van der Waals surface area contributed by atoms with Crippen molar-refractivity contribution in [3.8, 4) is 0 Å². The highest BCUT2D eigenvalue weighted by Gasteiger charge is 2.42. The number of fused-ring (bicyclic) bond motifs is 2. The molecule has 2 nitrogen and oxygen atoms in total. The molecule has 1 saturated heterocycles. The zero-order valence-corrected chi connectivity index (χ0v) is 12.7. The molecule has 2 bridgehead atoms. The lowest BCUT2D eigenvalue weighted by molar-refractivity contribution is -0.123. The van der Waals surface area contributed by atoms with Crippen LogP contribution in [0.3, 0.4) is 0 Å². The SMILES string of the molecule is O=C1CCCC1C1CCCCN1CC1CC2CCC1C2. The molecular formula is C18H29NO. The van der Waals surface area contributed by atoms with Gasteiger partial charge in [0.1, 0.15) is 5.78 Å². The van der Waals surface area contributed by atoms with Gasteiger partial charge >= 0.3 is 0 Å². The summed E-state index contributed by atoms with van der Waals surface area (Å²) in [5, 5.41) is 0. The average molecular weight is 275 g/mol. The summed E-state index contributed by atoms with van der Waals surface area (Å²) >= 11 is 0. The summed E-state index contributed by atoms with van der Waals surface area (Å²) in [5.74, 6) is 4.03. The van der Waals surface area contributed by atoms with Crippen LogP contribution < -0.4 is 0 Å². The molecule has 1 heterocycles. The highest BCUT2D eigenvalue weighted by molar-refractivity contribution is 5.83. The molecule has 0 aromatic carbocycles. The van der Waals surface area contributed by atoms with Gasteiger partial charge < -0.3 is 0 Å². The zero-order chi connectivity index (χ0) is 13.5. The topological polar surface area (TPSA) is 20.3 Å². The average Bonchev–Trinajstić information content (AvgIpc) is 3.16. The Morgan fingerprint density at radius 3 is 2.65 bits per heavy atom. The van der Waals surface area contributed by atoms with Crippen molar-refractivity contribution in [3.63, 3.8) is 0 Å². The first-order valence-electron chi connectivity index (χ1n) is 9.08. The van der Waals surface area contributed by atoms with Crippen molar-refractivity contribution >= 4 is 5.78 Å². The van der Waals surface area contributed by atoms with Crippen LogP contribution in [0, 0.1) is 23.7 Å². The predicted octanol–water partition coefficient (Wildman–Crippen LogP) is 3.65. The van der Waals surface area contributed by atoms with E-state index in [1.54, 1.807) is 0 Å². The van der Waals surface area contributed by atoms with Gasteiger partial charge in [0.15, 0.2) is 0 Å². The van der Waals surface area contributed by atoms with Gasteiger partial charge in [-0.15, -0.1) is 0 Å². The molecule has 0 radical (unpaired) electrons. The number of ketones is 1. The minimum Gasteiger partial charge on any atom is -0.299 e. The molecule has 5 unspecified atom stereocenters. The summed E-state index contributed by atoms with van der Waals surface area (Å²) in [6.45, 7) is 2.58. The number of piperidine rings is 1. The maximum atomic E-state index is 12.2. The van der Waals surface area contributed by atoms with Crippen molar-refractivity contribution in [1.29, 1.82) is 0 Å². The first-order valence-corrected chi connectivity index (χ1v) is 9.08. The second-order valence-electron chi connectivity index (χ2n) is 7.96. The van der Waals surface area contributed by atoms with Crippen molar-refractivity contribution < 1.29 is 4.79 Å². The van der Waals surface area contributed by atoms with Gasteiger partial charge in [-0.05, 0) is 69.2 Å². The van der Waals surface area contributed by atoms with Crippen LogP contribution in [-0.4, -0.2) is 29.8 Å². The maximum Gasteiger partial charge on any atom is 0.137 e. The summed E-state index contributed by atoms with van der Waals surface area (Å²) in [6.07, 6.45) is 13.2. The van der Waals surface area contributed by atoms with Gasteiger partial charge in [0.25, 0.3) is 0 Å². The third kappa shape index (κ3) is 2.34. The highest BCUT2D eigenvalue weighted by atomic mass is 16.1. The van der Waals surface area contributed by atoms with Gasteiger partial charge in [-0.1, -0.05) is 12.8 Å². The Kier molecular flexibility index (Phi) is 3.62. The number of hydrogen-bond donors (Lipinski definition) is 0. The lowest BCUT2D eigenvalue weighted by Crippen LogP contribution is -2.47. The summed E-state index contributed by atoms with van der Waals surface area (Å²) in [4.78, 5) is 14.9. The van der Waals surface area contributed by atoms with Crippen LogP contribution in [0.2, 0.25) is 0 Å². The third-order valence-electron chi connectivity index (χ3n) is 6.83. The van der Waals surface area contributed by atoms with Crippen molar-refractivity contribution in [2.75, 3.05) is 13.1 Å². The number of carbonyl (C=O) groups is 1. The first kappa shape index (κ1) is 13.3. The van der Waals surface area contributed by atoms with Crippen molar-refractivity contribution in [2.24, 2.45) is 23.7 Å². The summed E-state index contributed by atoms with van der Waals surface area (Å²) in [7, 11) is 0. The van der Waals surface area contributed by atoms with Crippen LogP contribution in [0.15, 0.2) is 0 Å². The Hall–Kier alpha value is -0.370. The van der Waals surface area contributed by atoms with E-state index in [4.69, 9.17) is 0 Å². The Morgan fingerprint density at radius 2 is 1.95 bits per heavy atom. The van der Waals surface area contributed by atoms with Crippen molar-refractivity contribution in [3.05, 3.63) is 0 Å². The Morgan fingerprint density at radius 1 is 1.00 bits per heavy atom. The molecule has 4 rings (SSSR count). The molecule has 0 spiro atoms. The predicted molar refractivity (Wildman–Crippen MR) is 80.5 cm³/mol. The fraction of sp³-hybridized carbons (Fsp3) is 0.944. The normalized spacial score (nSPS) is 45.4. The second kappa shape index (κ2) is 5.44. The smallest absolute Gasteiger partial charge is 0.137 e. The van der Waals surface area contributed by atoms with E-state index in [9.17, 15) is 4.79 Å². The number of likely N-dealkylation sites (tertiary alicyclic amines) is 1. The van der Waals surface area contributed by atoms with Crippen molar-refractivity contribution in [2.45, 2.75) is 70.3 Å². The molecule has 3 saturated carbocycles. The van der Waals surface area contributed by atoms with Crippen LogP contribution in [0.5, 0.6) is 0 Å². The van der Waals surface area contributed by atoms with Crippen molar-refractivity contribution in [1.82, 2.24) is 4.90 Å². The monoisotopic (exact) mass is 275 g/mol. The van der Waals surface area contributed by atoms with Crippen LogP contribution in [0.25, 0.3) is 0 Å². The van der Waals surface area contributed by atoms with Gasteiger partial charge in [0, 0.05) is 24.9 Å². The lowest BCUT2D eigenvalue weighted by Gasteiger charge is -2.41. The maximum absolute atomic E-state index is 12.2. The first-order chi connectivity index (χ1) is 9.81. The van der Waals surface area contributed by atoms with E-state index >= 15 is 0 Å². The Labute approximate surface area is 123 Å². The molecule has 0 N–H and O–H groups in total. The zero-order valence-electron chi connectivity index (χ0n) is 12.7. The van der Waals surface area contributed by atoms with E-state index in [0.29, 0.717) is 17.7 Å². The van der Waals surface area contributed by atoms with Gasteiger partial charge in [-0.25, -0.2) is 0 Å². The quantitative estimate of drug-likeness (QED) is 0.783. The standard InChI is InChI=1S/C18H29NO/c20-18-6-3-4-16(18)17-5-1-2-9-19(17)12-15-11-13-7-8-14(15)10-13/h13-17H,1-12H2. The molecule has 3 aliphatic carbocycles. The van der Waals surface area contributed by atoms with Gasteiger partial charge in [0.2, 0.25) is 0 Å². The lowest BCUT2D eigenvalue weighted by atomic mass is 9.84. The summed E-state index contributed by atoms with van der Waals surface area (Å²) in [6, 6.07) is 0.609. The fourth-order valence-corrected chi connectivity index (χ4v) is 5.85.